The fourth-order valence-electron chi connectivity index (χ4n) is 3.33. The van der Waals surface area contributed by atoms with Gasteiger partial charge in [0.1, 0.15) is 0 Å². The molecule has 118 valence electrons. The smallest absolute Gasteiger partial charge is 0.0952 e. The predicted molar refractivity (Wildman–Crippen MR) is 89.0 cm³/mol. The van der Waals surface area contributed by atoms with Gasteiger partial charge in [-0.1, -0.05) is 30.3 Å². The van der Waals surface area contributed by atoms with Crippen LogP contribution in [0.3, 0.4) is 0 Å². The zero-order chi connectivity index (χ0) is 13.8. The summed E-state index contributed by atoms with van der Waals surface area (Å²) in [4.78, 5) is 2.64. The van der Waals surface area contributed by atoms with E-state index in [4.69, 9.17) is 4.74 Å². The van der Waals surface area contributed by atoms with E-state index in [-0.39, 0.29) is 18.5 Å². The summed E-state index contributed by atoms with van der Waals surface area (Å²) in [5.74, 6) is 0.855. The quantitative estimate of drug-likeness (QED) is 0.929. The van der Waals surface area contributed by atoms with Gasteiger partial charge in [0, 0.05) is 19.1 Å². The summed E-state index contributed by atoms with van der Waals surface area (Å²) < 4.78 is 6.04. The Balaban J connectivity index is 0.00000161. The third-order valence-electron chi connectivity index (χ3n) is 4.69. The molecular weight excluding hydrogens is 284 g/mol. The lowest BCUT2D eigenvalue weighted by Gasteiger charge is -2.40. The Morgan fingerprint density at radius 3 is 2.62 bits per heavy atom. The van der Waals surface area contributed by atoms with Crippen molar-refractivity contribution in [2.24, 2.45) is 5.92 Å². The minimum atomic E-state index is 0. The van der Waals surface area contributed by atoms with Gasteiger partial charge < -0.3 is 10.1 Å². The third-order valence-corrected chi connectivity index (χ3v) is 4.69. The molecule has 0 aliphatic carbocycles. The molecule has 3 nitrogen and oxygen atoms in total. The van der Waals surface area contributed by atoms with Crippen molar-refractivity contribution >= 4 is 12.4 Å². The first-order valence-electron chi connectivity index (χ1n) is 7.94. The molecule has 0 aromatic heterocycles. The fourth-order valence-corrected chi connectivity index (χ4v) is 3.33. The molecule has 1 aromatic rings. The average molecular weight is 311 g/mol. The number of morpholine rings is 1. The van der Waals surface area contributed by atoms with Crippen LogP contribution in [0, 0.1) is 5.92 Å². The number of ether oxygens (including phenoxy) is 1. The van der Waals surface area contributed by atoms with Crippen molar-refractivity contribution in [3.63, 3.8) is 0 Å². The van der Waals surface area contributed by atoms with Gasteiger partial charge in [-0.3, -0.25) is 4.90 Å². The molecule has 4 heteroatoms. The highest BCUT2D eigenvalue weighted by atomic mass is 35.5. The van der Waals surface area contributed by atoms with Crippen molar-refractivity contribution in [3.8, 4) is 0 Å². The molecule has 2 aliphatic heterocycles. The van der Waals surface area contributed by atoms with Crippen LogP contribution in [0.15, 0.2) is 30.3 Å². The molecule has 0 saturated carbocycles. The predicted octanol–water partition coefficient (Wildman–Crippen LogP) is 2.87. The molecule has 0 amide bonds. The Bertz CT molecular complexity index is 409. The van der Waals surface area contributed by atoms with E-state index in [9.17, 15) is 0 Å². The van der Waals surface area contributed by atoms with E-state index in [1.165, 1.54) is 38.0 Å². The van der Waals surface area contributed by atoms with Crippen LogP contribution in [-0.2, 0) is 4.74 Å². The van der Waals surface area contributed by atoms with E-state index in [1.807, 2.05) is 0 Å². The van der Waals surface area contributed by atoms with Crippen LogP contribution >= 0.6 is 12.4 Å². The Hall–Kier alpha value is -0.610. The van der Waals surface area contributed by atoms with E-state index in [0.717, 1.165) is 19.1 Å². The molecule has 0 radical (unpaired) electrons. The van der Waals surface area contributed by atoms with Gasteiger partial charge in [0.15, 0.2) is 0 Å². The van der Waals surface area contributed by atoms with Gasteiger partial charge >= 0.3 is 0 Å². The third kappa shape index (κ3) is 4.43. The summed E-state index contributed by atoms with van der Waals surface area (Å²) in [6, 6.07) is 11.2. The Morgan fingerprint density at radius 2 is 1.90 bits per heavy atom. The van der Waals surface area contributed by atoms with Gasteiger partial charge in [0.05, 0.1) is 12.7 Å². The molecule has 2 heterocycles. The number of hydrogen-bond donors (Lipinski definition) is 1. The summed E-state index contributed by atoms with van der Waals surface area (Å²) in [6.45, 7) is 7.79. The zero-order valence-electron chi connectivity index (χ0n) is 12.8. The largest absolute Gasteiger partial charge is 0.371 e. The Kier molecular flexibility index (Phi) is 6.49. The summed E-state index contributed by atoms with van der Waals surface area (Å²) in [5, 5.41) is 3.45. The van der Waals surface area contributed by atoms with Gasteiger partial charge in [0.2, 0.25) is 0 Å². The van der Waals surface area contributed by atoms with Crippen molar-refractivity contribution in [1.82, 2.24) is 10.2 Å². The molecule has 0 bridgehead atoms. The molecule has 21 heavy (non-hydrogen) atoms. The molecule has 2 aliphatic rings. The zero-order valence-corrected chi connectivity index (χ0v) is 13.6. The van der Waals surface area contributed by atoms with Gasteiger partial charge in [-0.15, -0.1) is 12.4 Å². The van der Waals surface area contributed by atoms with Crippen LogP contribution < -0.4 is 5.32 Å². The minimum absolute atomic E-state index is 0. The van der Waals surface area contributed by atoms with E-state index in [2.05, 4.69) is 47.5 Å². The monoisotopic (exact) mass is 310 g/mol. The second kappa shape index (κ2) is 8.14. The maximum absolute atomic E-state index is 6.04. The van der Waals surface area contributed by atoms with Crippen LogP contribution in [0.1, 0.15) is 31.4 Å². The van der Waals surface area contributed by atoms with Crippen molar-refractivity contribution in [2.45, 2.75) is 31.9 Å². The van der Waals surface area contributed by atoms with Gasteiger partial charge in [-0.25, -0.2) is 0 Å². The van der Waals surface area contributed by atoms with Crippen molar-refractivity contribution in [1.29, 1.82) is 0 Å². The lowest BCUT2D eigenvalue weighted by Crippen LogP contribution is -2.48. The van der Waals surface area contributed by atoms with Gasteiger partial charge in [0.25, 0.3) is 0 Å². The fraction of sp³-hybridized carbons (Fsp3) is 0.647. The molecule has 2 saturated heterocycles. The number of nitrogens with one attached hydrogen (secondary N) is 1. The summed E-state index contributed by atoms with van der Waals surface area (Å²) in [7, 11) is 0. The summed E-state index contributed by atoms with van der Waals surface area (Å²) >= 11 is 0. The molecule has 3 rings (SSSR count). The molecule has 1 aromatic carbocycles. The van der Waals surface area contributed by atoms with Crippen molar-refractivity contribution in [2.75, 3.05) is 32.8 Å². The van der Waals surface area contributed by atoms with Crippen LogP contribution in [0.2, 0.25) is 0 Å². The highest BCUT2D eigenvalue weighted by molar-refractivity contribution is 5.85. The first kappa shape index (κ1) is 16.8. The molecule has 0 spiro atoms. The standard InChI is InChI=1S/C17H26N2O.ClH/c1-14-13-20-17(16-5-3-2-4-6-16)12-19(14)11-15-7-9-18-10-8-15;/h2-6,14-15,17-18H,7-13H2,1H3;1H. The van der Waals surface area contributed by atoms with E-state index < -0.39 is 0 Å². The van der Waals surface area contributed by atoms with Crippen LogP contribution in [-0.4, -0.2) is 43.7 Å². The highest BCUT2D eigenvalue weighted by Gasteiger charge is 2.29. The topological polar surface area (TPSA) is 24.5 Å². The summed E-state index contributed by atoms with van der Waals surface area (Å²) in [5.41, 5.74) is 1.31. The Morgan fingerprint density at radius 1 is 1.19 bits per heavy atom. The first-order valence-corrected chi connectivity index (χ1v) is 7.94. The van der Waals surface area contributed by atoms with Crippen LogP contribution in [0.5, 0.6) is 0 Å². The van der Waals surface area contributed by atoms with E-state index in [0.29, 0.717) is 6.04 Å². The molecule has 1 N–H and O–H groups in total. The molecule has 2 atom stereocenters. The maximum atomic E-state index is 6.04. The van der Waals surface area contributed by atoms with Crippen molar-refractivity contribution < 1.29 is 4.74 Å². The number of piperidine rings is 1. The average Bonchev–Trinajstić information content (AvgIpc) is 2.51. The lowest BCUT2D eigenvalue weighted by atomic mass is 9.96. The normalized spacial score (nSPS) is 28.0. The molecular formula is C17H27ClN2O. The molecule has 2 fully saturated rings. The second-order valence-electron chi connectivity index (χ2n) is 6.23. The Labute approximate surface area is 134 Å². The number of rotatable bonds is 3. The number of nitrogens with zero attached hydrogens (tertiary/aromatic N) is 1. The van der Waals surface area contributed by atoms with Crippen LogP contribution in [0.25, 0.3) is 0 Å². The van der Waals surface area contributed by atoms with E-state index in [1.54, 1.807) is 0 Å². The number of halogens is 1. The lowest BCUT2D eigenvalue weighted by molar-refractivity contribution is -0.0656. The van der Waals surface area contributed by atoms with Crippen LogP contribution in [0.4, 0.5) is 0 Å². The second-order valence-corrected chi connectivity index (χ2v) is 6.23. The van der Waals surface area contributed by atoms with Crippen molar-refractivity contribution in [3.05, 3.63) is 35.9 Å². The molecule has 2 unspecified atom stereocenters. The van der Waals surface area contributed by atoms with E-state index >= 15 is 0 Å². The maximum Gasteiger partial charge on any atom is 0.0952 e. The van der Waals surface area contributed by atoms with Gasteiger partial charge in [-0.2, -0.15) is 0 Å². The summed E-state index contributed by atoms with van der Waals surface area (Å²) in [6.07, 6.45) is 2.88. The highest BCUT2D eigenvalue weighted by Crippen LogP contribution is 2.26. The van der Waals surface area contributed by atoms with Gasteiger partial charge in [-0.05, 0) is 44.3 Å². The SMILES string of the molecule is CC1COC(c2ccccc2)CN1CC1CCNCC1.Cl. The first-order chi connectivity index (χ1) is 9.83. The number of hydrogen-bond acceptors (Lipinski definition) is 3. The minimum Gasteiger partial charge on any atom is -0.371 e. The number of benzene rings is 1.